The fourth-order valence-corrected chi connectivity index (χ4v) is 1.37. The van der Waals surface area contributed by atoms with Crippen LogP contribution < -0.4 is 4.90 Å². The molecule has 0 saturated carbocycles. The van der Waals surface area contributed by atoms with Gasteiger partial charge in [-0.25, -0.2) is 0 Å². The Hall–Kier alpha value is -1.02. The van der Waals surface area contributed by atoms with Crippen molar-refractivity contribution in [2.24, 2.45) is 0 Å². The van der Waals surface area contributed by atoms with Gasteiger partial charge in [-0.05, 0) is 24.1 Å². The minimum atomic E-state index is -0.0871. The Morgan fingerprint density at radius 3 is 2.36 bits per heavy atom. The zero-order chi connectivity index (χ0) is 10.6. The monoisotopic (exact) mass is 211 g/mol. The number of anilines is 1. The maximum Gasteiger partial charge on any atom is 0.241 e. The molecule has 0 atom stereocenters. The second-order valence-electron chi connectivity index (χ2n) is 3.11. The lowest BCUT2D eigenvalue weighted by atomic mass is 10.1. The number of amides is 1. The van der Waals surface area contributed by atoms with Gasteiger partial charge in [0.25, 0.3) is 0 Å². The summed E-state index contributed by atoms with van der Waals surface area (Å²) in [5.41, 5.74) is 2.15. The molecule has 0 fully saturated rings. The average Bonchev–Trinajstić information content (AvgIpc) is 2.27. The van der Waals surface area contributed by atoms with Gasteiger partial charge in [-0.15, -0.1) is 11.6 Å². The largest absolute Gasteiger partial charge is 0.314 e. The van der Waals surface area contributed by atoms with E-state index in [1.807, 2.05) is 24.3 Å². The second kappa shape index (κ2) is 5.01. The first kappa shape index (κ1) is 11.1. The molecule has 1 rings (SSSR count). The van der Waals surface area contributed by atoms with Gasteiger partial charge in [0.05, 0.1) is 0 Å². The third kappa shape index (κ3) is 2.48. The quantitative estimate of drug-likeness (QED) is 0.704. The highest BCUT2D eigenvalue weighted by Crippen LogP contribution is 2.14. The Kier molecular flexibility index (Phi) is 3.96. The molecule has 0 unspecified atom stereocenters. The molecule has 0 radical (unpaired) electrons. The van der Waals surface area contributed by atoms with Crippen molar-refractivity contribution < 1.29 is 4.79 Å². The van der Waals surface area contributed by atoms with E-state index in [1.165, 1.54) is 5.56 Å². The molecule has 0 aliphatic rings. The van der Waals surface area contributed by atoms with Gasteiger partial charge in [-0.2, -0.15) is 0 Å². The van der Waals surface area contributed by atoms with E-state index in [1.54, 1.807) is 11.9 Å². The SMILES string of the molecule is CCc1ccc(N(C)C(=O)CCl)cc1. The molecule has 1 aromatic rings. The summed E-state index contributed by atoms with van der Waals surface area (Å²) in [4.78, 5) is 12.8. The minimum Gasteiger partial charge on any atom is -0.314 e. The molecule has 0 aliphatic carbocycles. The number of carbonyl (C=O) groups excluding carboxylic acids is 1. The maximum atomic E-state index is 11.3. The van der Waals surface area contributed by atoms with E-state index in [-0.39, 0.29) is 11.8 Å². The van der Waals surface area contributed by atoms with Crippen LogP contribution in [-0.4, -0.2) is 18.8 Å². The lowest BCUT2D eigenvalue weighted by molar-refractivity contribution is -0.116. The highest BCUT2D eigenvalue weighted by Gasteiger charge is 2.08. The molecule has 14 heavy (non-hydrogen) atoms. The molecule has 0 heterocycles. The summed E-state index contributed by atoms with van der Waals surface area (Å²) < 4.78 is 0. The molecule has 0 saturated heterocycles. The number of rotatable bonds is 3. The second-order valence-corrected chi connectivity index (χ2v) is 3.37. The Labute approximate surface area is 89.5 Å². The van der Waals surface area contributed by atoms with Gasteiger partial charge >= 0.3 is 0 Å². The Morgan fingerprint density at radius 2 is 1.93 bits per heavy atom. The smallest absolute Gasteiger partial charge is 0.241 e. The van der Waals surface area contributed by atoms with Crippen molar-refractivity contribution in [3.8, 4) is 0 Å². The van der Waals surface area contributed by atoms with Crippen LogP contribution in [0.1, 0.15) is 12.5 Å². The average molecular weight is 212 g/mol. The summed E-state index contributed by atoms with van der Waals surface area (Å²) in [7, 11) is 1.73. The lowest BCUT2D eigenvalue weighted by Gasteiger charge is -2.15. The third-order valence-electron chi connectivity index (χ3n) is 2.22. The van der Waals surface area contributed by atoms with E-state index in [2.05, 4.69) is 6.92 Å². The van der Waals surface area contributed by atoms with Crippen molar-refractivity contribution in [1.82, 2.24) is 0 Å². The van der Waals surface area contributed by atoms with Gasteiger partial charge in [0.2, 0.25) is 5.91 Å². The van der Waals surface area contributed by atoms with Crippen LogP contribution in [0.15, 0.2) is 24.3 Å². The van der Waals surface area contributed by atoms with Crippen molar-refractivity contribution in [3.63, 3.8) is 0 Å². The summed E-state index contributed by atoms with van der Waals surface area (Å²) in [6, 6.07) is 7.91. The molecular weight excluding hydrogens is 198 g/mol. The van der Waals surface area contributed by atoms with E-state index in [0.717, 1.165) is 12.1 Å². The summed E-state index contributed by atoms with van der Waals surface area (Å²) in [5.74, 6) is -0.0672. The number of nitrogens with zero attached hydrogens (tertiary/aromatic N) is 1. The van der Waals surface area contributed by atoms with Crippen LogP contribution in [0.3, 0.4) is 0 Å². The molecule has 3 heteroatoms. The van der Waals surface area contributed by atoms with Crippen molar-refractivity contribution in [3.05, 3.63) is 29.8 Å². The molecule has 0 N–H and O–H groups in total. The Balaban J connectivity index is 2.81. The van der Waals surface area contributed by atoms with Crippen LogP contribution in [-0.2, 0) is 11.2 Å². The molecule has 0 bridgehead atoms. The van der Waals surface area contributed by atoms with Gasteiger partial charge in [0, 0.05) is 12.7 Å². The van der Waals surface area contributed by atoms with Gasteiger partial charge in [-0.1, -0.05) is 19.1 Å². The maximum absolute atomic E-state index is 11.3. The standard InChI is InChI=1S/C11H14ClNO/c1-3-9-4-6-10(7-5-9)13(2)11(14)8-12/h4-7H,3,8H2,1-2H3. The number of carbonyl (C=O) groups is 1. The molecule has 1 amide bonds. The summed E-state index contributed by atoms with van der Waals surface area (Å²) in [6.45, 7) is 2.10. The van der Waals surface area contributed by atoms with Crippen LogP contribution in [0.5, 0.6) is 0 Å². The highest BCUT2D eigenvalue weighted by atomic mass is 35.5. The van der Waals surface area contributed by atoms with Crippen molar-refractivity contribution >= 4 is 23.2 Å². The van der Waals surface area contributed by atoms with Gasteiger partial charge in [-0.3, -0.25) is 4.79 Å². The predicted molar refractivity (Wildman–Crippen MR) is 60.0 cm³/mol. The van der Waals surface area contributed by atoms with Crippen LogP contribution >= 0.6 is 11.6 Å². The van der Waals surface area contributed by atoms with Gasteiger partial charge in [0.1, 0.15) is 5.88 Å². The van der Waals surface area contributed by atoms with Crippen molar-refractivity contribution in [1.29, 1.82) is 0 Å². The van der Waals surface area contributed by atoms with Gasteiger partial charge in [0.15, 0.2) is 0 Å². The first-order chi connectivity index (χ1) is 6.69. The minimum absolute atomic E-state index is 0.0199. The molecule has 76 valence electrons. The Bertz CT molecular complexity index is 308. The predicted octanol–water partition coefficient (Wildman–Crippen LogP) is 2.45. The zero-order valence-electron chi connectivity index (χ0n) is 8.46. The van der Waals surface area contributed by atoms with E-state index in [9.17, 15) is 4.79 Å². The summed E-state index contributed by atoms with van der Waals surface area (Å²) in [5, 5.41) is 0. The van der Waals surface area contributed by atoms with Crippen LogP contribution in [0.25, 0.3) is 0 Å². The lowest BCUT2D eigenvalue weighted by Crippen LogP contribution is -2.27. The molecule has 1 aromatic carbocycles. The Morgan fingerprint density at radius 1 is 1.36 bits per heavy atom. The molecule has 2 nitrogen and oxygen atoms in total. The topological polar surface area (TPSA) is 20.3 Å². The number of halogens is 1. The molecule has 0 spiro atoms. The summed E-state index contributed by atoms with van der Waals surface area (Å²) in [6.07, 6.45) is 1.01. The number of alkyl halides is 1. The van der Waals surface area contributed by atoms with Crippen LogP contribution in [0.2, 0.25) is 0 Å². The number of hydrogen-bond donors (Lipinski definition) is 0. The number of benzene rings is 1. The molecule has 0 aromatic heterocycles. The van der Waals surface area contributed by atoms with E-state index in [0.29, 0.717) is 0 Å². The van der Waals surface area contributed by atoms with Crippen LogP contribution in [0.4, 0.5) is 5.69 Å². The van der Waals surface area contributed by atoms with Crippen molar-refractivity contribution in [2.75, 3.05) is 17.8 Å². The van der Waals surface area contributed by atoms with Crippen molar-refractivity contribution in [2.45, 2.75) is 13.3 Å². The normalized spacial score (nSPS) is 9.93. The van der Waals surface area contributed by atoms with E-state index in [4.69, 9.17) is 11.6 Å². The number of hydrogen-bond acceptors (Lipinski definition) is 1. The third-order valence-corrected chi connectivity index (χ3v) is 2.45. The fourth-order valence-electron chi connectivity index (χ4n) is 1.19. The first-order valence-corrected chi connectivity index (χ1v) is 5.14. The number of aryl methyl sites for hydroxylation is 1. The van der Waals surface area contributed by atoms with E-state index >= 15 is 0 Å². The van der Waals surface area contributed by atoms with E-state index < -0.39 is 0 Å². The van der Waals surface area contributed by atoms with Gasteiger partial charge < -0.3 is 4.90 Å². The molecular formula is C11H14ClNO. The zero-order valence-corrected chi connectivity index (χ0v) is 9.21. The fraction of sp³-hybridized carbons (Fsp3) is 0.364. The molecule has 0 aliphatic heterocycles. The highest BCUT2D eigenvalue weighted by molar-refractivity contribution is 6.29. The first-order valence-electron chi connectivity index (χ1n) is 4.60. The van der Waals surface area contributed by atoms with Crippen LogP contribution in [0, 0.1) is 0 Å². The summed E-state index contributed by atoms with van der Waals surface area (Å²) >= 11 is 5.46.